The molecule has 106 valence electrons. The third-order valence-electron chi connectivity index (χ3n) is 4.02. The molecule has 0 aliphatic carbocycles. The van der Waals surface area contributed by atoms with E-state index in [-0.39, 0.29) is 11.9 Å². The average molecular weight is 265 g/mol. The Balaban J connectivity index is 1.97. The Morgan fingerprint density at radius 1 is 1.42 bits per heavy atom. The first-order valence-electron chi connectivity index (χ1n) is 7.23. The number of piperidine rings is 1. The van der Waals surface area contributed by atoms with Crippen LogP contribution in [-0.2, 0) is 0 Å². The van der Waals surface area contributed by atoms with Gasteiger partial charge >= 0.3 is 0 Å². The number of nitrogens with one attached hydrogen (secondary N) is 1. The van der Waals surface area contributed by atoms with Crippen molar-refractivity contribution >= 4 is 0 Å². The van der Waals surface area contributed by atoms with Gasteiger partial charge in [0.2, 0.25) is 0 Å². The summed E-state index contributed by atoms with van der Waals surface area (Å²) >= 11 is 0. The van der Waals surface area contributed by atoms with Crippen molar-refractivity contribution in [3.63, 3.8) is 0 Å². The van der Waals surface area contributed by atoms with Gasteiger partial charge in [-0.15, -0.1) is 0 Å². The van der Waals surface area contributed by atoms with Crippen molar-refractivity contribution in [1.29, 1.82) is 0 Å². The maximum absolute atomic E-state index is 12.9. The molecule has 1 aliphatic rings. The van der Waals surface area contributed by atoms with Gasteiger partial charge in [-0.2, -0.15) is 0 Å². The standard InChI is InChI=1S/C15H24FN3/c1-3-15(14-5-4-13(16)10-18-14)19(2)11-12-6-8-17-9-7-12/h4-5,10,12,15,17H,3,6-9,11H2,1-2H3. The summed E-state index contributed by atoms with van der Waals surface area (Å²) in [4.78, 5) is 6.61. The summed E-state index contributed by atoms with van der Waals surface area (Å²) in [6, 6.07) is 3.60. The highest BCUT2D eigenvalue weighted by Crippen LogP contribution is 2.24. The molecule has 1 saturated heterocycles. The summed E-state index contributed by atoms with van der Waals surface area (Å²) in [5.41, 5.74) is 0.973. The number of hydrogen-bond acceptors (Lipinski definition) is 3. The first kappa shape index (κ1) is 14.4. The lowest BCUT2D eigenvalue weighted by molar-refractivity contribution is 0.179. The van der Waals surface area contributed by atoms with E-state index in [2.05, 4.69) is 29.2 Å². The van der Waals surface area contributed by atoms with Crippen LogP contribution in [0.5, 0.6) is 0 Å². The maximum Gasteiger partial charge on any atom is 0.141 e. The van der Waals surface area contributed by atoms with Gasteiger partial charge < -0.3 is 5.32 Å². The molecular weight excluding hydrogens is 241 g/mol. The lowest BCUT2D eigenvalue weighted by Crippen LogP contribution is -2.36. The summed E-state index contributed by atoms with van der Waals surface area (Å²) in [6.07, 6.45) is 4.81. The van der Waals surface area contributed by atoms with Gasteiger partial charge in [-0.05, 0) is 57.5 Å². The molecule has 19 heavy (non-hydrogen) atoms. The highest BCUT2D eigenvalue weighted by atomic mass is 19.1. The van der Waals surface area contributed by atoms with E-state index < -0.39 is 0 Å². The quantitative estimate of drug-likeness (QED) is 0.887. The minimum absolute atomic E-state index is 0.264. The van der Waals surface area contributed by atoms with Gasteiger partial charge in [0.1, 0.15) is 5.82 Å². The van der Waals surface area contributed by atoms with Gasteiger partial charge in [0.15, 0.2) is 0 Å². The SMILES string of the molecule is CCC(c1ccc(F)cn1)N(C)CC1CCNCC1. The van der Waals surface area contributed by atoms with Gasteiger partial charge in [0, 0.05) is 6.54 Å². The van der Waals surface area contributed by atoms with E-state index in [0.29, 0.717) is 0 Å². The third-order valence-corrected chi connectivity index (χ3v) is 4.02. The van der Waals surface area contributed by atoms with Crippen molar-refractivity contribution in [2.24, 2.45) is 5.92 Å². The molecule has 0 bridgehead atoms. The van der Waals surface area contributed by atoms with Crippen LogP contribution in [0.3, 0.4) is 0 Å². The van der Waals surface area contributed by atoms with Crippen LogP contribution in [-0.4, -0.2) is 36.6 Å². The lowest BCUT2D eigenvalue weighted by Gasteiger charge is -2.32. The second-order valence-electron chi connectivity index (χ2n) is 5.46. The number of rotatable bonds is 5. The van der Waals surface area contributed by atoms with Crippen molar-refractivity contribution in [2.45, 2.75) is 32.2 Å². The molecule has 2 rings (SSSR count). The Bertz CT molecular complexity index is 373. The summed E-state index contributed by atoms with van der Waals surface area (Å²) in [5, 5.41) is 3.40. The van der Waals surface area contributed by atoms with E-state index in [1.165, 1.54) is 25.1 Å². The van der Waals surface area contributed by atoms with Crippen LogP contribution in [0.25, 0.3) is 0 Å². The summed E-state index contributed by atoms with van der Waals surface area (Å²) in [6.45, 7) is 5.52. The smallest absolute Gasteiger partial charge is 0.141 e. The monoisotopic (exact) mass is 265 g/mol. The Morgan fingerprint density at radius 2 is 2.16 bits per heavy atom. The summed E-state index contributed by atoms with van der Waals surface area (Å²) in [7, 11) is 2.15. The Kier molecular flexibility index (Phi) is 5.28. The van der Waals surface area contributed by atoms with Crippen LogP contribution < -0.4 is 5.32 Å². The van der Waals surface area contributed by atoms with Gasteiger partial charge in [-0.3, -0.25) is 9.88 Å². The summed E-state index contributed by atoms with van der Waals surface area (Å²) in [5.74, 6) is 0.500. The normalized spacial score (nSPS) is 18.7. The highest BCUT2D eigenvalue weighted by Gasteiger charge is 2.21. The molecule has 3 nitrogen and oxygen atoms in total. The zero-order chi connectivity index (χ0) is 13.7. The average Bonchev–Trinajstić information content (AvgIpc) is 2.43. The van der Waals surface area contributed by atoms with Crippen LogP contribution in [0.15, 0.2) is 18.3 Å². The molecule has 0 saturated carbocycles. The lowest BCUT2D eigenvalue weighted by atomic mass is 9.96. The molecule has 1 fully saturated rings. The first-order valence-corrected chi connectivity index (χ1v) is 7.23. The number of aromatic nitrogens is 1. The third kappa shape index (κ3) is 3.98. The number of nitrogens with zero attached hydrogens (tertiary/aromatic N) is 2. The van der Waals surface area contributed by atoms with E-state index in [4.69, 9.17) is 0 Å². The molecule has 4 heteroatoms. The van der Waals surface area contributed by atoms with E-state index >= 15 is 0 Å². The van der Waals surface area contributed by atoms with Crippen molar-refractivity contribution in [1.82, 2.24) is 15.2 Å². The summed E-state index contributed by atoms with van der Waals surface area (Å²) < 4.78 is 12.9. The van der Waals surface area contributed by atoms with E-state index in [9.17, 15) is 4.39 Å². The predicted octanol–water partition coefficient (Wildman–Crippen LogP) is 2.60. The molecule has 0 radical (unpaired) electrons. The van der Waals surface area contributed by atoms with Crippen molar-refractivity contribution in [2.75, 3.05) is 26.7 Å². The predicted molar refractivity (Wildman–Crippen MR) is 75.5 cm³/mol. The second kappa shape index (κ2) is 6.96. The zero-order valence-corrected chi connectivity index (χ0v) is 11.9. The highest BCUT2D eigenvalue weighted by molar-refractivity contribution is 5.10. The number of halogens is 1. The molecule has 1 aliphatic heterocycles. The topological polar surface area (TPSA) is 28.2 Å². The van der Waals surface area contributed by atoms with E-state index in [1.54, 1.807) is 0 Å². The van der Waals surface area contributed by atoms with E-state index in [0.717, 1.165) is 37.7 Å². The van der Waals surface area contributed by atoms with Gasteiger partial charge in [-0.25, -0.2) is 4.39 Å². The molecule has 1 unspecified atom stereocenters. The van der Waals surface area contributed by atoms with Crippen molar-refractivity contribution in [3.05, 3.63) is 29.8 Å². The van der Waals surface area contributed by atoms with Crippen LogP contribution in [0.4, 0.5) is 4.39 Å². The van der Waals surface area contributed by atoms with Gasteiger partial charge in [0.25, 0.3) is 0 Å². The minimum atomic E-state index is -0.264. The van der Waals surface area contributed by atoms with Crippen molar-refractivity contribution in [3.8, 4) is 0 Å². The van der Waals surface area contributed by atoms with Crippen LogP contribution in [0.2, 0.25) is 0 Å². The number of pyridine rings is 1. The molecule has 1 N–H and O–H groups in total. The number of hydrogen-bond donors (Lipinski definition) is 1. The fourth-order valence-corrected chi connectivity index (χ4v) is 2.93. The Labute approximate surface area is 115 Å². The Morgan fingerprint density at radius 3 is 2.74 bits per heavy atom. The molecular formula is C15H24FN3. The molecule has 0 spiro atoms. The van der Waals surface area contributed by atoms with Crippen molar-refractivity contribution < 1.29 is 4.39 Å². The first-order chi connectivity index (χ1) is 9.20. The largest absolute Gasteiger partial charge is 0.317 e. The van der Waals surface area contributed by atoms with Crippen LogP contribution >= 0.6 is 0 Å². The minimum Gasteiger partial charge on any atom is -0.317 e. The fraction of sp³-hybridized carbons (Fsp3) is 0.667. The Hall–Kier alpha value is -1.00. The fourth-order valence-electron chi connectivity index (χ4n) is 2.93. The molecule has 1 atom stereocenters. The molecule has 0 amide bonds. The van der Waals surface area contributed by atoms with Gasteiger partial charge in [0.05, 0.1) is 17.9 Å². The second-order valence-corrected chi connectivity index (χ2v) is 5.46. The van der Waals surface area contributed by atoms with E-state index in [1.807, 2.05) is 6.07 Å². The van der Waals surface area contributed by atoms with Crippen LogP contribution in [0.1, 0.15) is 37.9 Å². The zero-order valence-electron chi connectivity index (χ0n) is 11.9. The molecule has 0 aromatic carbocycles. The molecule has 2 heterocycles. The molecule has 1 aromatic rings. The molecule has 1 aromatic heterocycles. The van der Waals surface area contributed by atoms with Gasteiger partial charge in [-0.1, -0.05) is 6.92 Å². The maximum atomic E-state index is 12.9. The van der Waals surface area contributed by atoms with Crippen LogP contribution in [0, 0.1) is 11.7 Å².